The molecule has 2 heterocycles. The fourth-order valence-electron chi connectivity index (χ4n) is 3.86. The Morgan fingerprint density at radius 1 is 1.03 bits per heavy atom. The number of methoxy groups -OCH3 is 1. The first kappa shape index (κ1) is 24.8. The highest BCUT2D eigenvalue weighted by atomic mass is 35.5. The van der Waals surface area contributed by atoms with Gasteiger partial charge in [0.1, 0.15) is 10.5 Å². The molecule has 10 heteroatoms. The number of nitrogens with zero attached hydrogens (tertiary/aromatic N) is 1. The van der Waals surface area contributed by atoms with E-state index in [1.807, 2.05) is 0 Å². The predicted molar refractivity (Wildman–Crippen MR) is 137 cm³/mol. The molecule has 0 unspecified atom stereocenters. The second-order valence-corrected chi connectivity index (χ2v) is 9.42. The molecule has 0 aliphatic carbocycles. The molecule has 1 aromatic heterocycles. The van der Waals surface area contributed by atoms with E-state index < -0.39 is 23.4 Å². The van der Waals surface area contributed by atoms with Crippen LogP contribution in [0.1, 0.15) is 24.0 Å². The minimum Gasteiger partial charge on any atom is -0.466 e. The zero-order valence-electron chi connectivity index (χ0n) is 18.7. The van der Waals surface area contributed by atoms with Crippen molar-refractivity contribution in [3.63, 3.8) is 0 Å². The number of nitrogens with two attached hydrogens (primary N) is 1. The van der Waals surface area contributed by atoms with E-state index in [2.05, 4.69) is 0 Å². The SMILES string of the molecule is CCOC(=O)C1=C(N)n2c(s/c(=C/c3ccc(Cl)cc3)c2=O)=C(C(=O)OC)[C@@H]1c1ccc(Cl)cc1. The number of hydrogen-bond donors (Lipinski definition) is 1. The van der Waals surface area contributed by atoms with Crippen LogP contribution in [0.2, 0.25) is 10.0 Å². The second kappa shape index (κ2) is 10.1. The molecule has 7 nitrogen and oxygen atoms in total. The summed E-state index contributed by atoms with van der Waals surface area (Å²) in [5.41, 5.74) is 7.33. The molecule has 0 saturated carbocycles. The summed E-state index contributed by atoms with van der Waals surface area (Å²) in [5.74, 6) is -2.48. The molecule has 0 amide bonds. The molecule has 4 rings (SSSR count). The number of halogens is 2. The summed E-state index contributed by atoms with van der Waals surface area (Å²) in [6.45, 7) is 1.73. The van der Waals surface area contributed by atoms with Crippen molar-refractivity contribution in [1.29, 1.82) is 0 Å². The summed E-state index contributed by atoms with van der Waals surface area (Å²) in [5, 5.41) is 1.04. The van der Waals surface area contributed by atoms with Crippen LogP contribution in [-0.4, -0.2) is 30.2 Å². The first-order chi connectivity index (χ1) is 16.8. The zero-order chi connectivity index (χ0) is 25.3. The highest BCUT2D eigenvalue weighted by Gasteiger charge is 2.39. The first-order valence-electron chi connectivity index (χ1n) is 10.5. The Labute approximate surface area is 214 Å². The Morgan fingerprint density at radius 3 is 2.20 bits per heavy atom. The van der Waals surface area contributed by atoms with Gasteiger partial charge in [0.2, 0.25) is 0 Å². The third-order valence-electron chi connectivity index (χ3n) is 5.42. The quantitative estimate of drug-likeness (QED) is 0.509. The van der Waals surface area contributed by atoms with Crippen LogP contribution in [0.3, 0.4) is 0 Å². The van der Waals surface area contributed by atoms with E-state index in [1.165, 1.54) is 7.11 Å². The van der Waals surface area contributed by atoms with Crippen LogP contribution in [0, 0.1) is 0 Å². The number of rotatable bonds is 5. The molecule has 0 spiro atoms. The Kier molecular flexibility index (Phi) is 7.16. The van der Waals surface area contributed by atoms with Crippen LogP contribution < -0.4 is 20.5 Å². The lowest BCUT2D eigenvalue weighted by Crippen LogP contribution is -2.41. The molecule has 35 heavy (non-hydrogen) atoms. The van der Waals surface area contributed by atoms with Gasteiger partial charge >= 0.3 is 11.9 Å². The van der Waals surface area contributed by atoms with E-state index in [9.17, 15) is 14.4 Å². The summed E-state index contributed by atoms with van der Waals surface area (Å²) in [6.07, 6.45) is 1.66. The molecule has 1 atom stereocenters. The molecule has 180 valence electrons. The zero-order valence-corrected chi connectivity index (χ0v) is 21.0. The Bertz CT molecular complexity index is 1520. The monoisotopic (exact) mass is 530 g/mol. The smallest absolute Gasteiger partial charge is 0.338 e. The van der Waals surface area contributed by atoms with Gasteiger partial charge in [-0.1, -0.05) is 47.5 Å². The second-order valence-electron chi connectivity index (χ2n) is 7.52. The summed E-state index contributed by atoms with van der Waals surface area (Å²) in [7, 11) is 1.23. The topological polar surface area (TPSA) is 101 Å². The maximum Gasteiger partial charge on any atom is 0.338 e. The van der Waals surface area contributed by atoms with Gasteiger partial charge in [0, 0.05) is 10.0 Å². The molecule has 1 aliphatic rings. The highest BCUT2D eigenvalue weighted by Crippen LogP contribution is 2.38. The summed E-state index contributed by atoms with van der Waals surface area (Å²) in [6, 6.07) is 13.6. The van der Waals surface area contributed by atoms with Gasteiger partial charge in [-0.05, 0) is 48.4 Å². The summed E-state index contributed by atoms with van der Waals surface area (Å²) >= 11 is 13.1. The molecule has 1 aliphatic heterocycles. The number of fused-ring (bicyclic) bond motifs is 1. The number of carbonyl (C=O) groups excluding carboxylic acids is 2. The highest BCUT2D eigenvalue weighted by molar-refractivity contribution is 7.07. The first-order valence-corrected chi connectivity index (χ1v) is 12.1. The fourth-order valence-corrected chi connectivity index (χ4v) is 5.28. The minimum atomic E-state index is -0.930. The van der Waals surface area contributed by atoms with Gasteiger partial charge in [0.25, 0.3) is 5.56 Å². The van der Waals surface area contributed by atoms with E-state index >= 15 is 0 Å². The average molecular weight is 531 g/mol. The summed E-state index contributed by atoms with van der Waals surface area (Å²) in [4.78, 5) is 39.6. The van der Waals surface area contributed by atoms with Gasteiger partial charge in [-0.15, -0.1) is 11.3 Å². The maximum atomic E-state index is 13.4. The molecule has 0 radical (unpaired) electrons. The largest absolute Gasteiger partial charge is 0.466 e. The number of thiazole rings is 1. The van der Waals surface area contributed by atoms with E-state index in [4.69, 9.17) is 38.4 Å². The predicted octanol–water partition coefficient (Wildman–Crippen LogP) is 2.86. The van der Waals surface area contributed by atoms with E-state index in [0.717, 1.165) is 21.5 Å². The van der Waals surface area contributed by atoms with E-state index in [-0.39, 0.29) is 28.2 Å². The molecule has 2 aromatic carbocycles. The van der Waals surface area contributed by atoms with Crippen molar-refractivity contribution in [3.05, 3.63) is 94.8 Å². The van der Waals surface area contributed by atoms with Crippen LogP contribution in [-0.2, 0) is 19.1 Å². The maximum absolute atomic E-state index is 13.4. The number of aromatic nitrogens is 1. The minimum absolute atomic E-state index is 0.0278. The lowest BCUT2D eigenvalue weighted by atomic mass is 9.83. The molecular weight excluding hydrogens is 511 g/mol. The van der Waals surface area contributed by atoms with Crippen molar-refractivity contribution >= 4 is 63.9 Å². The Morgan fingerprint density at radius 2 is 1.63 bits per heavy atom. The lowest BCUT2D eigenvalue weighted by Gasteiger charge is -2.26. The average Bonchev–Trinajstić information content (AvgIpc) is 3.16. The number of hydrogen-bond acceptors (Lipinski definition) is 7. The number of esters is 2. The van der Waals surface area contributed by atoms with Crippen molar-refractivity contribution in [1.82, 2.24) is 4.57 Å². The van der Waals surface area contributed by atoms with Crippen LogP contribution in [0.4, 0.5) is 0 Å². The van der Waals surface area contributed by atoms with Gasteiger partial charge in [-0.25, -0.2) is 9.59 Å². The normalized spacial score (nSPS) is 15.7. The lowest BCUT2D eigenvalue weighted by molar-refractivity contribution is -0.138. The van der Waals surface area contributed by atoms with Crippen molar-refractivity contribution in [2.45, 2.75) is 12.8 Å². The third-order valence-corrected chi connectivity index (χ3v) is 7.03. The van der Waals surface area contributed by atoms with Gasteiger partial charge in [-0.3, -0.25) is 9.36 Å². The molecular formula is C25H20Cl2N2O5S. The van der Waals surface area contributed by atoms with Gasteiger partial charge in [0.15, 0.2) is 0 Å². The van der Waals surface area contributed by atoms with Crippen LogP contribution >= 0.6 is 34.5 Å². The third kappa shape index (κ3) is 4.65. The molecule has 0 fully saturated rings. The van der Waals surface area contributed by atoms with Gasteiger partial charge < -0.3 is 15.2 Å². The van der Waals surface area contributed by atoms with Gasteiger partial charge in [0.05, 0.1) is 35.3 Å². The Balaban J connectivity index is 2.10. The van der Waals surface area contributed by atoms with Crippen molar-refractivity contribution in [2.75, 3.05) is 13.7 Å². The van der Waals surface area contributed by atoms with Crippen LogP contribution in [0.25, 0.3) is 17.5 Å². The number of ether oxygens (including phenoxy) is 2. The molecule has 3 aromatic rings. The van der Waals surface area contributed by atoms with Crippen molar-refractivity contribution < 1.29 is 19.1 Å². The van der Waals surface area contributed by atoms with E-state index in [1.54, 1.807) is 61.5 Å². The molecule has 0 saturated heterocycles. The Hall–Kier alpha value is -3.33. The van der Waals surface area contributed by atoms with Crippen molar-refractivity contribution in [2.24, 2.45) is 5.73 Å². The fraction of sp³-hybridized carbons (Fsp3) is 0.160. The van der Waals surface area contributed by atoms with Crippen LogP contribution in [0.5, 0.6) is 0 Å². The summed E-state index contributed by atoms with van der Waals surface area (Å²) < 4.78 is 12.1. The van der Waals surface area contributed by atoms with E-state index in [0.29, 0.717) is 20.1 Å². The number of benzene rings is 2. The van der Waals surface area contributed by atoms with Crippen LogP contribution in [0.15, 0.2) is 58.9 Å². The van der Waals surface area contributed by atoms with Crippen molar-refractivity contribution in [3.8, 4) is 0 Å². The number of carbonyl (C=O) groups is 2. The molecule has 0 bridgehead atoms. The molecule has 2 N–H and O–H groups in total. The standard InChI is InChI=1S/C25H20Cl2N2O5S/c1-3-34-25(32)19-18(14-6-10-16(27)11-7-14)20(24(31)33-2)23-29(21(19)28)22(30)17(35-23)12-13-4-8-15(26)9-5-13/h4-12,18H,3,28H2,1-2H3/b17-12+/t18-/m1/s1. The van der Waals surface area contributed by atoms with Gasteiger partial charge in [-0.2, -0.15) is 0 Å².